The number of carbonyl (C=O) groups is 1. The van der Waals surface area contributed by atoms with E-state index in [0.717, 1.165) is 14.2 Å². The van der Waals surface area contributed by atoms with Crippen molar-refractivity contribution >= 4 is 33.2 Å². The Morgan fingerprint density at radius 2 is 2.29 bits per heavy atom. The second-order valence-electron chi connectivity index (χ2n) is 3.22. The summed E-state index contributed by atoms with van der Waals surface area (Å²) in [6.45, 7) is 6.29. The van der Waals surface area contributed by atoms with Crippen LogP contribution in [0.25, 0.3) is 0 Å². The summed E-state index contributed by atoms with van der Waals surface area (Å²) in [6.07, 6.45) is 0. The molecule has 4 heteroatoms. The van der Waals surface area contributed by atoms with E-state index >= 15 is 0 Å². The van der Waals surface area contributed by atoms with Crippen LogP contribution in [0.2, 0.25) is 0 Å². The van der Waals surface area contributed by atoms with Crippen LogP contribution in [0.15, 0.2) is 28.1 Å². The molecule has 1 heterocycles. The summed E-state index contributed by atoms with van der Waals surface area (Å²) in [5, 5.41) is 0. The number of rotatable bonds is 3. The average molecular weight is 274 g/mol. The predicted octanol–water partition coefficient (Wildman–Crippen LogP) is 3.16. The fourth-order valence-corrected chi connectivity index (χ4v) is 2.47. The molecule has 0 radical (unpaired) electrons. The van der Waals surface area contributed by atoms with E-state index in [-0.39, 0.29) is 5.91 Å². The molecular weight excluding hydrogens is 262 g/mol. The van der Waals surface area contributed by atoms with Crippen LogP contribution in [-0.4, -0.2) is 24.4 Å². The van der Waals surface area contributed by atoms with E-state index in [0.29, 0.717) is 6.54 Å². The van der Waals surface area contributed by atoms with Crippen molar-refractivity contribution in [3.63, 3.8) is 0 Å². The molecule has 0 aromatic carbocycles. The highest BCUT2D eigenvalue weighted by molar-refractivity contribution is 9.11. The maximum absolute atomic E-state index is 11.8. The van der Waals surface area contributed by atoms with Crippen molar-refractivity contribution in [1.82, 2.24) is 4.90 Å². The largest absolute Gasteiger partial charge is 0.337 e. The highest BCUT2D eigenvalue weighted by Gasteiger charge is 2.13. The monoisotopic (exact) mass is 273 g/mol. The Labute approximate surface area is 96.4 Å². The van der Waals surface area contributed by atoms with Crippen molar-refractivity contribution < 1.29 is 4.79 Å². The van der Waals surface area contributed by atoms with E-state index in [9.17, 15) is 4.79 Å². The quantitative estimate of drug-likeness (QED) is 0.775. The number of amides is 1. The zero-order valence-corrected chi connectivity index (χ0v) is 10.6. The Balaban J connectivity index is 2.70. The Bertz CT molecular complexity index is 359. The molecule has 0 saturated heterocycles. The van der Waals surface area contributed by atoms with Crippen molar-refractivity contribution in [2.75, 3.05) is 13.6 Å². The fraction of sp³-hybridized carbons (Fsp3) is 0.300. The summed E-state index contributed by atoms with van der Waals surface area (Å²) in [5.41, 5.74) is 0.983. The van der Waals surface area contributed by atoms with E-state index in [4.69, 9.17) is 0 Å². The van der Waals surface area contributed by atoms with Crippen LogP contribution in [-0.2, 0) is 0 Å². The molecule has 0 saturated carbocycles. The second kappa shape index (κ2) is 4.75. The van der Waals surface area contributed by atoms with Crippen LogP contribution in [0, 0.1) is 0 Å². The molecule has 1 aromatic rings. The lowest BCUT2D eigenvalue weighted by atomic mass is 10.3. The van der Waals surface area contributed by atoms with Crippen LogP contribution in [0.3, 0.4) is 0 Å². The van der Waals surface area contributed by atoms with Crippen LogP contribution < -0.4 is 0 Å². The van der Waals surface area contributed by atoms with Crippen LogP contribution in [0.1, 0.15) is 16.6 Å². The van der Waals surface area contributed by atoms with Gasteiger partial charge in [0.25, 0.3) is 5.91 Å². The molecule has 0 aliphatic heterocycles. The first-order chi connectivity index (χ1) is 6.50. The Morgan fingerprint density at radius 3 is 2.71 bits per heavy atom. The number of likely N-dealkylation sites (N-methyl/N-ethyl adjacent to an activating group) is 1. The third-order valence-electron chi connectivity index (χ3n) is 1.64. The maximum atomic E-state index is 11.8. The van der Waals surface area contributed by atoms with Gasteiger partial charge in [-0.3, -0.25) is 4.79 Å². The molecule has 0 fully saturated rings. The SMILES string of the molecule is C=C(C)CN(C)C(=O)c1ccc(Br)s1. The third kappa shape index (κ3) is 2.96. The van der Waals surface area contributed by atoms with Crippen molar-refractivity contribution in [2.45, 2.75) is 6.92 Å². The first-order valence-corrected chi connectivity index (χ1v) is 5.77. The minimum absolute atomic E-state index is 0.0451. The first kappa shape index (κ1) is 11.5. The van der Waals surface area contributed by atoms with Gasteiger partial charge in [0.1, 0.15) is 0 Å². The number of halogens is 1. The summed E-state index contributed by atoms with van der Waals surface area (Å²) in [6, 6.07) is 3.71. The van der Waals surface area contributed by atoms with E-state index in [2.05, 4.69) is 22.5 Å². The van der Waals surface area contributed by atoms with Gasteiger partial charge in [0.15, 0.2) is 0 Å². The molecule has 0 bridgehead atoms. The topological polar surface area (TPSA) is 20.3 Å². The molecule has 2 nitrogen and oxygen atoms in total. The lowest BCUT2D eigenvalue weighted by Gasteiger charge is -2.15. The van der Waals surface area contributed by atoms with Gasteiger partial charge in [-0.25, -0.2) is 0 Å². The Morgan fingerprint density at radius 1 is 1.64 bits per heavy atom. The van der Waals surface area contributed by atoms with Gasteiger partial charge in [-0.05, 0) is 35.0 Å². The molecule has 0 unspecified atom stereocenters. The van der Waals surface area contributed by atoms with Gasteiger partial charge >= 0.3 is 0 Å². The Hall–Kier alpha value is -0.610. The molecule has 0 spiro atoms. The maximum Gasteiger partial charge on any atom is 0.263 e. The number of hydrogen-bond donors (Lipinski definition) is 0. The normalized spacial score (nSPS) is 9.93. The number of carbonyl (C=O) groups excluding carboxylic acids is 1. The van der Waals surface area contributed by atoms with Gasteiger partial charge in [0, 0.05) is 13.6 Å². The zero-order valence-electron chi connectivity index (χ0n) is 8.21. The molecular formula is C10H12BrNOS. The number of nitrogens with zero attached hydrogens (tertiary/aromatic N) is 1. The summed E-state index contributed by atoms with van der Waals surface area (Å²) >= 11 is 4.78. The molecule has 0 N–H and O–H groups in total. The molecule has 14 heavy (non-hydrogen) atoms. The molecule has 1 rings (SSSR count). The second-order valence-corrected chi connectivity index (χ2v) is 5.69. The summed E-state index contributed by atoms with van der Waals surface area (Å²) in [7, 11) is 1.78. The minimum atomic E-state index is 0.0451. The summed E-state index contributed by atoms with van der Waals surface area (Å²) in [5.74, 6) is 0.0451. The van der Waals surface area contributed by atoms with Crippen LogP contribution >= 0.6 is 27.3 Å². The van der Waals surface area contributed by atoms with Crippen molar-refractivity contribution in [3.05, 3.63) is 32.9 Å². The van der Waals surface area contributed by atoms with Gasteiger partial charge < -0.3 is 4.90 Å². The molecule has 1 amide bonds. The van der Waals surface area contributed by atoms with Gasteiger partial charge in [-0.2, -0.15) is 0 Å². The van der Waals surface area contributed by atoms with Crippen molar-refractivity contribution in [3.8, 4) is 0 Å². The lowest BCUT2D eigenvalue weighted by Crippen LogP contribution is -2.27. The van der Waals surface area contributed by atoms with Crippen LogP contribution in [0.5, 0.6) is 0 Å². The summed E-state index contributed by atoms with van der Waals surface area (Å²) in [4.78, 5) is 14.2. The number of hydrogen-bond acceptors (Lipinski definition) is 2. The molecule has 76 valence electrons. The average Bonchev–Trinajstić information content (AvgIpc) is 2.49. The molecule has 0 aliphatic rings. The molecule has 0 atom stereocenters. The van der Waals surface area contributed by atoms with Gasteiger partial charge in [0.2, 0.25) is 0 Å². The zero-order chi connectivity index (χ0) is 10.7. The lowest BCUT2D eigenvalue weighted by molar-refractivity contribution is 0.0811. The van der Waals surface area contributed by atoms with Crippen molar-refractivity contribution in [1.29, 1.82) is 0 Å². The van der Waals surface area contributed by atoms with E-state index in [1.807, 2.05) is 19.1 Å². The fourth-order valence-electron chi connectivity index (χ4n) is 1.09. The first-order valence-electron chi connectivity index (χ1n) is 4.16. The van der Waals surface area contributed by atoms with Crippen molar-refractivity contribution in [2.24, 2.45) is 0 Å². The summed E-state index contributed by atoms with van der Waals surface area (Å²) < 4.78 is 0.976. The highest BCUT2D eigenvalue weighted by Crippen LogP contribution is 2.23. The van der Waals surface area contributed by atoms with Gasteiger partial charge in [-0.15, -0.1) is 11.3 Å². The molecule has 1 aromatic heterocycles. The predicted molar refractivity (Wildman–Crippen MR) is 63.8 cm³/mol. The standard InChI is InChI=1S/C10H12BrNOS/c1-7(2)6-12(3)10(13)8-4-5-9(11)14-8/h4-5H,1,6H2,2-3H3. The Kier molecular flexibility index (Phi) is 3.89. The van der Waals surface area contributed by atoms with E-state index in [1.165, 1.54) is 11.3 Å². The van der Waals surface area contributed by atoms with E-state index < -0.39 is 0 Å². The van der Waals surface area contributed by atoms with Gasteiger partial charge in [0.05, 0.1) is 8.66 Å². The highest BCUT2D eigenvalue weighted by atomic mass is 79.9. The smallest absolute Gasteiger partial charge is 0.263 e. The minimum Gasteiger partial charge on any atom is -0.337 e. The third-order valence-corrected chi connectivity index (χ3v) is 3.25. The molecule has 0 aliphatic carbocycles. The number of thiophene rings is 1. The van der Waals surface area contributed by atoms with Gasteiger partial charge in [-0.1, -0.05) is 12.2 Å². The van der Waals surface area contributed by atoms with Crippen LogP contribution in [0.4, 0.5) is 0 Å². The van der Waals surface area contributed by atoms with E-state index in [1.54, 1.807) is 11.9 Å².